The van der Waals surface area contributed by atoms with Crippen LogP contribution in [-0.4, -0.2) is 12.1 Å². The molecule has 3 heteroatoms. The topological polar surface area (TPSA) is 50.1 Å². The van der Waals surface area contributed by atoms with Gasteiger partial charge >= 0.3 is 5.97 Å². The third-order valence-corrected chi connectivity index (χ3v) is 8.06. The number of unbranched alkanes of at least 4 members (excludes halogenated alkanes) is 8. The van der Waals surface area contributed by atoms with Crippen molar-refractivity contribution < 1.29 is 9.53 Å². The second-order valence-corrected chi connectivity index (χ2v) is 10.6. The van der Waals surface area contributed by atoms with E-state index in [9.17, 15) is 10.1 Å². The van der Waals surface area contributed by atoms with Gasteiger partial charge in [0.15, 0.2) is 0 Å². The van der Waals surface area contributed by atoms with Crippen molar-refractivity contribution in [1.29, 1.82) is 5.26 Å². The molecule has 2 saturated carbocycles. The van der Waals surface area contributed by atoms with E-state index in [1.165, 1.54) is 83.5 Å². The highest BCUT2D eigenvalue weighted by atomic mass is 16.5. The van der Waals surface area contributed by atoms with Crippen LogP contribution in [0.2, 0.25) is 0 Å². The molecule has 0 heterocycles. The minimum atomic E-state index is -0.162. The largest absolute Gasteiger partial charge is 0.462 e. The van der Waals surface area contributed by atoms with Crippen LogP contribution in [0.25, 0.3) is 0 Å². The van der Waals surface area contributed by atoms with Gasteiger partial charge in [0.1, 0.15) is 6.10 Å². The van der Waals surface area contributed by atoms with Gasteiger partial charge in [0.25, 0.3) is 0 Å². The van der Waals surface area contributed by atoms with Crippen molar-refractivity contribution in [3.63, 3.8) is 0 Å². The first-order valence-corrected chi connectivity index (χ1v) is 13.7. The molecule has 0 aliphatic heterocycles. The van der Waals surface area contributed by atoms with E-state index < -0.39 is 0 Å². The van der Waals surface area contributed by atoms with Gasteiger partial charge in [-0.2, -0.15) is 5.26 Å². The Morgan fingerprint density at radius 3 is 2.00 bits per heavy atom. The van der Waals surface area contributed by atoms with Crippen LogP contribution >= 0.6 is 0 Å². The smallest absolute Gasteiger partial charge is 0.309 e. The van der Waals surface area contributed by atoms with Crippen molar-refractivity contribution in [2.75, 3.05) is 0 Å². The van der Waals surface area contributed by atoms with E-state index in [0.29, 0.717) is 0 Å². The molecule has 0 aromatic rings. The molecule has 0 spiro atoms. The van der Waals surface area contributed by atoms with Gasteiger partial charge < -0.3 is 4.74 Å². The summed E-state index contributed by atoms with van der Waals surface area (Å²) >= 11 is 0. The maximum Gasteiger partial charge on any atom is 0.309 e. The molecule has 0 amide bonds. The van der Waals surface area contributed by atoms with Gasteiger partial charge in [-0.25, -0.2) is 0 Å². The zero-order valence-electron chi connectivity index (χ0n) is 20.6. The highest BCUT2D eigenvalue weighted by molar-refractivity contribution is 5.72. The van der Waals surface area contributed by atoms with E-state index in [2.05, 4.69) is 19.9 Å². The molecule has 0 aromatic heterocycles. The number of carbonyl (C=O) groups excluding carboxylic acids is 1. The molecular formula is C28H49NO2. The van der Waals surface area contributed by atoms with Crippen LogP contribution in [0.1, 0.15) is 142 Å². The lowest BCUT2D eigenvalue weighted by molar-refractivity contribution is -0.158. The van der Waals surface area contributed by atoms with E-state index >= 15 is 0 Å². The molecule has 31 heavy (non-hydrogen) atoms. The Bertz CT molecular complexity index is 522. The predicted octanol–water partition coefficient (Wildman–Crippen LogP) is 8.51. The summed E-state index contributed by atoms with van der Waals surface area (Å²) in [7, 11) is 0. The van der Waals surface area contributed by atoms with Crippen molar-refractivity contribution in [3.05, 3.63) is 0 Å². The number of rotatable bonds is 14. The van der Waals surface area contributed by atoms with Gasteiger partial charge in [-0.1, -0.05) is 84.5 Å². The summed E-state index contributed by atoms with van der Waals surface area (Å²) < 4.78 is 5.94. The summed E-state index contributed by atoms with van der Waals surface area (Å²) in [6.07, 6.45) is 23.5. The molecule has 0 unspecified atom stereocenters. The quantitative estimate of drug-likeness (QED) is 0.204. The molecular weight excluding hydrogens is 382 g/mol. The number of nitrogens with zero attached hydrogens (tertiary/aromatic N) is 1. The first kappa shape index (κ1) is 26.2. The van der Waals surface area contributed by atoms with E-state index in [4.69, 9.17) is 4.74 Å². The summed E-state index contributed by atoms with van der Waals surface area (Å²) in [5.41, 5.74) is -0.162. The van der Waals surface area contributed by atoms with Crippen LogP contribution in [0.5, 0.6) is 0 Å². The van der Waals surface area contributed by atoms with Crippen molar-refractivity contribution in [2.24, 2.45) is 17.3 Å². The van der Waals surface area contributed by atoms with Crippen molar-refractivity contribution >= 4 is 5.97 Å². The lowest BCUT2D eigenvalue weighted by Crippen LogP contribution is -2.33. The third-order valence-electron chi connectivity index (χ3n) is 8.06. The third kappa shape index (κ3) is 9.55. The van der Waals surface area contributed by atoms with Crippen LogP contribution in [0.3, 0.4) is 0 Å². The zero-order chi connectivity index (χ0) is 22.4. The number of esters is 1. The predicted molar refractivity (Wildman–Crippen MR) is 129 cm³/mol. The first-order valence-electron chi connectivity index (χ1n) is 13.7. The normalized spacial score (nSPS) is 28.7. The number of ether oxygens (including phenoxy) is 1. The number of nitriles is 1. The second-order valence-electron chi connectivity index (χ2n) is 10.6. The van der Waals surface area contributed by atoms with E-state index in [1.54, 1.807) is 0 Å². The molecule has 0 N–H and O–H groups in total. The molecule has 3 nitrogen and oxygen atoms in total. The summed E-state index contributed by atoms with van der Waals surface area (Å²) in [6, 6.07) is 2.64. The van der Waals surface area contributed by atoms with Crippen LogP contribution in [0.15, 0.2) is 0 Å². The Labute approximate surface area is 192 Å². The van der Waals surface area contributed by atoms with E-state index in [0.717, 1.165) is 50.9 Å². The molecule has 2 rings (SSSR count). The lowest BCUT2D eigenvalue weighted by Gasteiger charge is -2.35. The maximum atomic E-state index is 12.7. The highest BCUT2D eigenvalue weighted by Gasteiger charge is 2.37. The van der Waals surface area contributed by atoms with E-state index in [-0.39, 0.29) is 23.4 Å². The Hall–Kier alpha value is -1.04. The molecule has 178 valence electrons. The van der Waals surface area contributed by atoms with Gasteiger partial charge in [-0.3, -0.25) is 4.79 Å². The Morgan fingerprint density at radius 1 is 0.839 bits per heavy atom. The molecule has 0 saturated heterocycles. The molecule has 2 fully saturated rings. The number of hydrogen-bond acceptors (Lipinski definition) is 3. The summed E-state index contributed by atoms with van der Waals surface area (Å²) in [6.45, 7) is 4.50. The van der Waals surface area contributed by atoms with Gasteiger partial charge in [0.05, 0.1) is 17.4 Å². The van der Waals surface area contributed by atoms with E-state index in [1.807, 2.05) is 0 Å². The standard InChI is InChI=1S/C28H49NO2/c1-3-5-7-9-11-13-24-14-16-25(17-15-24)27(30)31-26-18-21-28(23-29,22-19-26)20-12-10-8-6-4-2/h24-26H,3-22H2,1-2H3/t24-,25-,26-,28+. The average Bonchev–Trinajstić information content (AvgIpc) is 2.80. The molecule has 2 aliphatic carbocycles. The fourth-order valence-corrected chi connectivity index (χ4v) is 5.73. The summed E-state index contributed by atoms with van der Waals surface area (Å²) in [5, 5.41) is 9.79. The molecule has 0 radical (unpaired) electrons. The van der Waals surface area contributed by atoms with Crippen molar-refractivity contribution in [2.45, 2.75) is 148 Å². The zero-order valence-corrected chi connectivity index (χ0v) is 20.6. The number of carbonyl (C=O) groups is 1. The van der Waals surface area contributed by atoms with Crippen LogP contribution in [0.4, 0.5) is 0 Å². The van der Waals surface area contributed by atoms with Crippen LogP contribution < -0.4 is 0 Å². The van der Waals surface area contributed by atoms with Gasteiger partial charge in [0.2, 0.25) is 0 Å². The average molecular weight is 432 g/mol. The molecule has 0 bridgehead atoms. The Morgan fingerprint density at radius 2 is 1.42 bits per heavy atom. The molecule has 0 atom stereocenters. The fraction of sp³-hybridized carbons (Fsp3) is 0.929. The van der Waals surface area contributed by atoms with Gasteiger partial charge in [0, 0.05) is 0 Å². The molecule has 2 aliphatic rings. The monoisotopic (exact) mass is 431 g/mol. The summed E-state index contributed by atoms with van der Waals surface area (Å²) in [4.78, 5) is 12.7. The lowest BCUT2D eigenvalue weighted by atomic mass is 9.71. The van der Waals surface area contributed by atoms with Crippen LogP contribution in [-0.2, 0) is 9.53 Å². The van der Waals surface area contributed by atoms with Crippen molar-refractivity contribution in [1.82, 2.24) is 0 Å². The Balaban J connectivity index is 1.61. The fourth-order valence-electron chi connectivity index (χ4n) is 5.73. The SMILES string of the molecule is CCCCCCC[C@H]1CC[C@H](C(=O)O[C@H]2CC[C@](C#N)(CCCCCCC)CC2)CC1. The highest BCUT2D eigenvalue weighted by Crippen LogP contribution is 2.42. The summed E-state index contributed by atoms with van der Waals surface area (Å²) in [5.74, 6) is 1.00. The van der Waals surface area contributed by atoms with Gasteiger partial charge in [-0.05, 0) is 63.7 Å². The molecule has 0 aromatic carbocycles. The Kier molecular flexibility index (Phi) is 12.6. The van der Waals surface area contributed by atoms with Crippen LogP contribution in [0, 0.1) is 28.6 Å². The maximum absolute atomic E-state index is 12.7. The minimum absolute atomic E-state index is 0.0466. The minimum Gasteiger partial charge on any atom is -0.462 e. The van der Waals surface area contributed by atoms with Gasteiger partial charge in [-0.15, -0.1) is 0 Å². The second kappa shape index (κ2) is 14.9. The van der Waals surface area contributed by atoms with Crippen molar-refractivity contribution in [3.8, 4) is 6.07 Å². The first-order chi connectivity index (χ1) is 15.1. The number of hydrogen-bond donors (Lipinski definition) is 0.